The first-order valence-electron chi connectivity index (χ1n) is 7.35. The molecule has 2 aromatic rings. The van der Waals surface area contributed by atoms with Crippen molar-refractivity contribution in [3.8, 4) is 0 Å². The van der Waals surface area contributed by atoms with E-state index in [0.29, 0.717) is 36.9 Å². The molecule has 2 heterocycles. The van der Waals surface area contributed by atoms with Crippen molar-refractivity contribution in [3.05, 3.63) is 23.8 Å². The summed E-state index contributed by atoms with van der Waals surface area (Å²) in [6, 6.07) is 5.54. The smallest absolute Gasteiger partial charge is 0.338 e. The zero-order chi connectivity index (χ0) is 15.9. The van der Waals surface area contributed by atoms with E-state index in [-0.39, 0.29) is 17.0 Å². The number of anilines is 1. The van der Waals surface area contributed by atoms with Crippen LogP contribution in [-0.2, 0) is 4.74 Å². The van der Waals surface area contributed by atoms with E-state index in [1.807, 2.05) is 0 Å². The van der Waals surface area contributed by atoms with Crippen LogP contribution < -0.4 is 4.90 Å². The monoisotopic (exact) mass is 304 g/mol. The number of para-hydroxylation sites is 1. The molecule has 0 saturated carbocycles. The number of carboxylic acid groups (broad SMARTS) is 1. The Morgan fingerprint density at radius 1 is 1.41 bits per heavy atom. The van der Waals surface area contributed by atoms with E-state index in [4.69, 9.17) is 9.15 Å². The minimum Gasteiger partial charge on any atom is -0.478 e. The van der Waals surface area contributed by atoms with Crippen molar-refractivity contribution in [1.29, 1.82) is 0 Å². The number of carboxylic acids is 1. The Balaban J connectivity index is 2.05. The third kappa shape index (κ3) is 2.54. The van der Waals surface area contributed by atoms with Crippen LogP contribution in [-0.4, -0.2) is 41.9 Å². The number of nitrogens with zero attached hydrogens (tertiary/aromatic N) is 2. The SMILES string of the molecule is CC(C)(C)C1COCCN1c1nc2c(C(=O)O)cccc2o1. The maximum atomic E-state index is 11.3. The Kier molecular flexibility index (Phi) is 3.56. The molecule has 1 aliphatic rings. The molecule has 1 atom stereocenters. The fourth-order valence-electron chi connectivity index (χ4n) is 2.78. The molecule has 1 aromatic carbocycles. The van der Waals surface area contributed by atoms with Gasteiger partial charge in [0.2, 0.25) is 0 Å². The topological polar surface area (TPSA) is 75.8 Å². The lowest BCUT2D eigenvalue weighted by Gasteiger charge is -2.42. The number of hydrogen-bond acceptors (Lipinski definition) is 5. The second kappa shape index (κ2) is 5.28. The van der Waals surface area contributed by atoms with E-state index in [1.54, 1.807) is 12.1 Å². The highest BCUT2D eigenvalue weighted by Gasteiger charge is 2.35. The molecule has 0 amide bonds. The highest BCUT2D eigenvalue weighted by Crippen LogP contribution is 2.32. The summed E-state index contributed by atoms with van der Waals surface area (Å²) in [6.45, 7) is 8.32. The lowest BCUT2D eigenvalue weighted by Crippen LogP contribution is -2.52. The van der Waals surface area contributed by atoms with E-state index in [0.717, 1.165) is 0 Å². The zero-order valence-electron chi connectivity index (χ0n) is 13.0. The molecule has 0 radical (unpaired) electrons. The molecular weight excluding hydrogens is 284 g/mol. The average molecular weight is 304 g/mol. The number of carbonyl (C=O) groups is 1. The van der Waals surface area contributed by atoms with Gasteiger partial charge < -0.3 is 19.2 Å². The molecule has 6 heteroatoms. The summed E-state index contributed by atoms with van der Waals surface area (Å²) in [7, 11) is 0. The van der Waals surface area contributed by atoms with Crippen molar-refractivity contribution in [1.82, 2.24) is 4.98 Å². The van der Waals surface area contributed by atoms with Gasteiger partial charge in [-0.2, -0.15) is 4.98 Å². The van der Waals surface area contributed by atoms with Crippen molar-refractivity contribution in [2.75, 3.05) is 24.7 Å². The van der Waals surface area contributed by atoms with Gasteiger partial charge in [-0.15, -0.1) is 0 Å². The lowest BCUT2D eigenvalue weighted by molar-refractivity contribution is 0.0560. The van der Waals surface area contributed by atoms with E-state index >= 15 is 0 Å². The zero-order valence-corrected chi connectivity index (χ0v) is 13.0. The minimum atomic E-state index is -1.00. The summed E-state index contributed by atoms with van der Waals surface area (Å²) in [5.41, 5.74) is 1.04. The second-order valence-corrected chi connectivity index (χ2v) is 6.60. The predicted octanol–water partition coefficient (Wildman–Crippen LogP) is 2.78. The fourth-order valence-corrected chi connectivity index (χ4v) is 2.78. The van der Waals surface area contributed by atoms with Crippen molar-refractivity contribution < 1.29 is 19.1 Å². The van der Waals surface area contributed by atoms with Gasteiger partial charge in [0, 0.05) is 6.54 Å². The summed E-state index contributed by atoms with van der Waals surface area (Å²) in [4.78, 5) is 17.8. The Bertz CT molecular complexity index is 702. The number of aromatic carboxylic acids is 1. The molecular formula is C16H20N2O4. The molecule has 1 aliphatic heterocycles. The molecule has 1 aromatic heterocycles. The molecule has 0 spiro atoms. The van der Waals surface area contributed by atoms with Crippen LogP contribution in [0.25, 0.3) is 11.1 Å². The first kappa shape index (κ1) is 14.8. The number of aromatic nitrogens is 1. The average Bonchev–Trinajstić information content (AvgIpc) is 2.89. The maximum Gasteiger partial charge on any atom is 0.338 e. The van der Waals surface area contributed by atoms with Crippen LogP contribution in [0.15, 0.2) is 22.6 Å². The number of fused-ring (bicyclic) bond motifs is 1. The Labute approximate surface area is 128 Å². The quantitative estimate of drug-likeness (QED) is 0.919. The number of rotatable bonds is 2. The Morgan fingerprint density at radius 2 is 2.18 bits per heavy atom. The van der Waals surface area contributed by atoms with Crippen LogP contribution in [0.2, 0.25) is 0 Å². The molecule has 3 rings (SSSR count). The van der Waals surface area contributed by atoms with E-state index in [9.17, 15) is 9.90 Å². The summed E-state index contributed by atoms with van der Waals surface area (Å²) in [6.07, 6.45) is 0. The third-order valence-electron chi connectivity index (χ3n) is 4.01. The molecule has 118 valence electrons. The molecule has 1 N–H and O–H groups in total. The van der Waals surface area contributed by atoms with Crippen molar-refractivity contribution in [3.63, 3.8) is 0 Å². The van der Waals surface area contributed by atoms with E-state index in [2.05, 4.69) is 30.7 Å². The van der Waals surface area contributed by atoms with Gasteiger partial charge in [0.15, 0.2) is 5.58 Å². The third-order valence-corrected chi connectivity index (χ3v) is 4.01. The van der Waals surface area contributed by atoms with Crippen molar-refractivity contribution in [2.45, 2.75) is 26.8 Å². The molecule has 1 fully saturated rings. The first-order valence-corrected chi connectivity index (χ1v) is 7.35. The number of benzene rings is 1. The van der Waals surface area contributed by atoms with Crippen molar-refractivity contribution >= 4 is 23.1 Å². The summed E-state index contributed by atoms with van der Waals surface area (Å²) >= 11 is 0. The predicted molar refractivity (Wildman–Crippen MR) is 82.4 cm³/mol. The maximum absolute atomic E-state index is 11.3. The standard InChI is InChI=1S/C16H20N2O4/c1-16(2,3)12-9-21-8-7-18(12)15-17-13-10(14(19)20)5-4-6-11(13)22-15/h4-6,12H,7-9H2,1-3H3,(H,19,20). The van der Waals surface area contributed by atoms with Crippen LogP contribution >= 0.6 is 0 Å². The number of morpholine rings is 1. The van der Waals surface area contributed by atoms with Gasteiger partial charge in [0.1, 0.15) is 5.52 Å². The van der Waals surface area contributed by atoms with E-state index in [1.165, 1.54) is 6.07 Å². The highest BCUT2D eigenvalue weighted by atomic mass is 16.5. The van der Waals surface area contributed by atoms with Crippen LogP contribution in [0, 0.1) is 5.41 Å². The van der Waals surface area contributed by atoms with Gasteiger partial charge in [0.25, 0.3) is 6.01 Å². The molecule has 6 nitrogen and oxygen atoms in total. The van der Waals surface area contributed by atoms with Gasteiger partial charge >= 0.3 is 5.97 Å². The van der Waals surface area contributed by atoms with Crippen LogP contribution in [0.5, 0.6) is 0 Å². The second-order valence-electron chi connectivity index (χ2n) is 6.60. The van der Waals surface area contributed by atoms with Gasteiger partial charge in [-0.1, -0.05) is 26.8 Å². The molecule has 0 bridgehead atoms. The lowest BCUT2D eigenvalue weighted by atomic mass is 9.85. The van der Waals surface area contributed by atoms with Gasteiger partial charge in [-0.05, 0) is 17.5 Å². The molecule has 22 heavy (non-hydrogen) atoms. The molecule has 0 aliphatic carbocycles. The molecule has 1 unspecified atom stereocenters. The summed E-state index contributed by atoms with van der Waals surface area (Å²) in [5, 5.41) is 9.27. The number of hydrogen-bond donors (Lipinski definition) is 1. The summed E-state index contributed by atoms with van der Waals surface area (Å²) in [5.74, 6) is -1.00. The van der Waals surface area contributed by atoms with Crippen molar-refractivity contribution in [2.24, 2.45) is 5.41 Å². The summed E-state index contributed by atoms with van der Waals surface area (Å²) < 4.78 is 11.4. The van der Waals surface area contributed by atoms with Gasteiger partial charge in [-0.3, -0.25) is 0 Å². The van der Waals surface area contributed by atoms with Crippen LogP contribution in [0.4, 0.5) is 6.01 Å². The molecule has 1 saturated heterocycles. The highest BCUT2D eigenvalue weighted by molar-refractivity contribution is 6.00. The fraction of sp³-hybridized carbons (Fsp3) is 0.500. The number of ether oxygens (including phenoxy) is 1. The Hall–Kier alpha value is -2.08. The van der Waals surface area contributed by atoms with Gasteiger partial charge in [-0.25, -0.2) is 4.79 Å². The first-order chi connectivity index (χ1) is 10.4. The Morgan fingerprint density at radius 3 is 2.86 bits per heavy atom. The van der Waals surface area contributed by atoms with E-state index < -0.39 is 5.97 Å². The van der Waals surface area contributed by atoms with Crippen LogP contribution in [0.1, 0.15) is 31.1 Å². The minimum absolute atomic E-state index is 0.00327. The normalized spacial score (nSPS) is 19.6. The largest absolute Gasteiger partial charge is 0.478 e. The van der Waals surface area contributed by atoms with Gasteiger partial charge in [0.05, 0.1) is 24.8 Å². The van der Waals surface area contributed by atoms with Crippen LogP contribution in [0.3, 0.4) is 0 Å². The number of oxazole rings is 1.